The molecule has 0 radical (unpaired) electrons. The standard InChI is InChI=1S/C14H18FNO4/c1-7-3-9(4-8(2)19-7)20-13-6-11(15)10(14(17)18)5-12(13)16/h5-9H,3-4,16H2,1-2H3,(H,17,18). The second-order valence-corrected chi connectivity index (χ2v) is 5.14. The molecule has 1 saturated heterocycles. The Bertz CT molecular complexity index is 510. The van der Waals surface area contributed by atoms with E-state index in [0.717, 1.165) is 12.1 Å². The number of nitrogens with two attached hydrogens (primary N) is 1. The summed E-state index contributed by atoms with van der Waals surface area (Å²) in [7, 11) is 0. The maximum absolute atomic E-state index is 13.6. The van der Waals surface area contributed by atoms with Crippen LogP contribution in [0.15, 0.2) is 12.1 Å². The number of aromatic carboxylic acids is 1. The number of nitrogen functional groups attached to an aromatic ring is 1. The molecule has 0 spiro atoms. The lowest BCUT2D eigenvalue weighted by molar-refractivity contribution is -0.0720. The number of benzene rings is 1. The highest BCUT2D eigenvalue weighted by molar-refractivity contribution is 5.89. The Balaban J connectivity index is 2.17. The van der Waals surface area contributed by atoms with Crippen molar-refractivity contribution in [1.29, 1.82) is 0 Å². The predicted molar refractivity (Wildman–Crippen MR) is 71.4 cm³/mol. The Kier molecular flexibility index (Phi) is 4.13. The van der Waals surface area contributed by atoms with Crippen molar-refractivity contribution in [2.45, 2.75) is 45.0 Å². The Morgan fingerprint density at radius 1 is 1.40 bits per heavy atom. The van der Waals surface area contributed by atoms with Crippen LogP contribution in [0, 0.1) is 5.82 Å². The van der Waals surface area contributed by atoms with Gasteiger partial charge in [0.1, 0.15) is 17.7 Å². The van der Waals surface area contributed by atoms with Gasteiger partial charge in [-0.05, 0) is 19.9 Å². The first-order valence-corrected chi connectivity index (χ1v) is 6.51. The maximum Gasteiger partial charge on any atom is 0.338 e. The lowest BCUT2D eigenvalue weighted by Gasteiger charge is -2.32. The zero-order valence-corrected chi connectivity index (χ0v) is 11.4. The number of ether oxygens (including phenoxy) is 2. The Hall–Kier alpha value is -1.82. The number of carboxylic acid groups (broad SMARTS) is 1. The van der Waals surface area contributed by atoms with Crippen molar-refractivity contribution >= 4 is 11.7 Å². The summed E-state index contributed by atoms with van der Waals surface area (Å²) in [5.41, 5.74) is 5.39. The number of carboxylic acids is 1. The van der Waals surface area contributed by atoms with Gasteiger partial charge in [0.05, 0.1) is 23.5 Å². The zero-order chi connectivity index (χ0) is 14.9. The van der Waals surface area contributed by atoms with Crippen LogP contribution in [0.5, 0.6) is 5.75 Å². The fourth-order valence-electron chi connectivity index (χ4n) is 2.46. The molecule has 3 N–H and O–H groups in total. The van der Waals surface area contributed by atoms with E-state index < -0.39 is 17.3 Å². The quantitative estimate of drug-likeness (QED) is 0.833. The number of hydrogen-bond acceptors (Lipinski definition) is 4. The zero-order valence-electron chi connectivity index (χ0n) is 11.4. The molecule has 0 aromatic heterocycles. The van der Waals surface area contributed by atoms with Crippen molar-refractivity contribution in [3.05, 3.63) is 23.5 Å². The van der Waals surface area contributed by atoms with Crippen molar-refractivity contribution in [2.75, 3.05) is 5.73 Å². The summed E-state index contributed by atoms with van der Waals surface area (Å²) in [6.45, 7) is 3.90. The molecule has 2 rings (SSSR count). The molecule has 110 valence electrons. The van der Waals surface area contributed by atoms with Crippen molar-refractivity contribution < 1.29 is 23.8 Å². The molecule has 1 aromatic rings. The van der Waals surface area contributed by atoms with Gasteiger partial charge in [-0.1, -0.05) is 0 Å². The third kappa shape index (κ3) is 3.19. The fourth-order valence-corrected chi connectivity index (χ4v) is 2.46. The number of hydrogen-bond donors (Lipinski definition) is 2. The van der Waals surface area contributed by atoms with E-state index in [0.29, 0.717) is 12.8 Å². The topological polar surface area (TPSA) is 81.8 Å². The Labute approximate surface area is 116 Å². The van der Waals surface area contributed by atoms with Crippen molar-refractivity contribution in [3.63, 3.8) is 0 Å². The van der Waals surface area contributed by atoms with Gasteiger partial charge in [0.2, 0.25) is 0 Å². The van der Waals surface area contributed by atoms with Crippen LogP contribution in [0.3, 0.4) is 0 Å². The molecular formula is C14H18FNO4. The van der Waals surface area contributed by atoms with Gasteiger partial charge in [-0.15, -0.1) is 0 Å². The second kappa shape index (κ2) is 5.66. The summed E-state index contributed by atoms with van der Waals surface area (Å²) in [5.74, 6) is -2.03. The summed E-state index contributed by atoms with van der Waals surface area (Å²) in [4.78, 5) is 10.8. The highest BCUT2D eigenvalue weighted by Crippen LogP contribution is 2.30. The summed E-state index contributed by atoms with van der Waals surface area (Å²) < 4.78 is 24.9. The minimum atomic E-state index is -1.35. The van der Waals surface area contributed by atoms with Crippen molar-refractivity contribution in [3.8, 4) is 5.75 Å². The van der Waals surface area contributed by atoms with Crippen LogP contribution in [0.2, 0.25) is 0 Å². The second-order valence-electron chi connectivity index (χ2n) is 5.14. The first-order valence-electron chi connectivity index (χ1n) is 6.51. The van der Waals surface area contributed by atoms with E-state index in [1.54, 1.807) is 0 Å². The van der Waals surface area contributed by atoms with Gasteiger partial charge < -0.3 is 20.3 Å². The number of anilines is 1. The van der Waals surface area contributed by atoms with E-state index in [2.05, 4.69) is 0 Å². The largest absolute Gasteiger partial charge is 0.488 e. The molecule has 1 aromatic carbocycles. The van der Waals surface area contributed by atoms with Crippen molar-refractivity contribution in [2.24, 2.45) is 0 Å². The normalized spacial score (nSPS) is 26.2. The molecule has 2 atom stereocenters. The third-order valence-electron chi connectivity index (χ3n) is 3.28. The minimum Gasteiger partial charge on any atom is -0.488 e. The summed E-state index contributed by atoms with van der Waals surface area (Å²) >= 11 is 0. The molecule has 1 aliphatic heterocycles. The molecule has 20 heavy (non-hydrogen) atoms. The molecule has 1 aliphatic rings. The molecular weight excluding hydrogens is 265 g/mol. The van der Waals surface area contributed by atoms with E-state index in [4.69, 9.17) is 20.3 Å². The smallest absolute Gasteiger partial charge is 0.338 e. The molecule has 1 fully saturated rings. The van der Waals surface area contributed by atoms with Crippen LogP contribution in [0.4, 0.5) is 10.1 Å². The van der Waals surface area contributed by atoms with Crippen LogP contribution in [0.1, 0.15) is 37.0 Å². The van der Waals surface area contributed by atoms with Gasteiger partial charge >= 0.3 is 5.97 Å². The SMILES string of the molecule is CC1CC(Oc2cc(F)c(C(=O)O)cc2N)CC(C)O1. The first-order chi connectivity index (χ1) is 9.36. The Morgan fingerprint density at radius 3 is 2.55 bits per heavy atom. The minimum absolute atomic E-state index is 0.0631. The monoisotopic (exact) mass is 283 g/mol. The molecule has 1 heterocycles. The van der Waals surface area contributed by atoms with E-state index in [9.17, 15) is 9.18 Å². The number of rotatable bonds is 3. The summed E-state index contributed by atoms with van der Waals surface area (Å²) in [6.07, 6.45) is 1.38. The Morgan fingerprint density at radius 2 is 2.00 bits per heavy atom. The van der Waals surface area contributed by atoms with Gasteiger partial charge in [0, 0.05) is 18.9 Å². The number of carbonyl (C=O) groups is 1. The van der Waals surface area contributed by atoms with Gasteiger partial charge in [-0.25, -0.2) is 9.18 Å². The lowest BCUT2D eigenvalue weighted by atomic mass is 10.0. The maximum atomic E-state index is 13.6. The van der Waals surface area contributed by atoms with E-state index in [1.807, 2.05) is 13.8 Å². The van der Waals surface area contributed by atoms with E-state index in [-0.39, 0.29) is 29.7 Å². The summed E-state index contributed by atoms with van der Waals surface area (Å²) in [6, 6.07) is 2.11. The van der Waals surface area contributed by atoms with E-state index in [1.165, 1.54) is 0 Å². The van der Waals surface area contributed by atoms with Crippen LogP contribution < -0.4 is 10.5 Å². The third-order valence-corrected chi connectivity index (χ3v) is 3.28. The predicted octanol–water partition coefficient (Wildman–Crippen LogP) is 2.44. The number of halogens is 1. The van der Waals surface area contributed by atoms with Crippen molar-refractivity contribution in [1.82, 2.24) is 0 Å². The van der Waals surface area contributed by atoms with Gasteiger partial charge in [0.15, 0.2) is 0 Å². The average Bonchev–Trinajstić information content (AvgIpc) is 2.31. The van der Waals surface area contributed by atoms with Gasteiger partial charge in [-0.3, -0.25) is 0 Å². The van der Waals surface area contributed by atoms with Crippen LogP contribution in [-0.2, 0) is 4.74 Å². The van der Waals surface area contributed by atoms with E-state index >= 15 is 0 Å². The first kappa shape index (κ1) is 14.6. The van der Waals surface area contributed by atoms with Crippen LogP contribution >= 0.6 is 0 Å². The highest BCUT2D eigenvalue weighted by Gasteiger charge is 2.26. The van der Waals surface area contributed by atoms with Crippen LogP contribution in [-0.4, -0.2) is 29.4 Å². The molecule has 5 nitrogen and oxygen atoms in total. The molecule has 0 amide bonds. The molecule has 6 heteroatoms. The summed E-state index contributed by atoms with van der Waals surface area (Å²) in [5, 5.41) is 8.82. The lowest BCUT2D eigenvalue weighted by Crippen LogP contribution is -2.35. The average molecular weight is 283 g/mol. The van der Waals surface area contributed by atoms with Crippen LogP contribution in [0.25, 0.3) is 0 Å². The fraction of sp³-hybridized carbons (Fsp3) is 0.500. The van der Waals surface area contributed by atoms with Gasteiger partial charge in [-0.2, -0.15) is 0 Å². The molecule has 0 aliphatic carbocycles. The molecule has 2 unspecified atom stereocenters. The van der Waals surface area contributed by atoms with Gasteiger partial charge in [0.25, 0.3) is 0 Å². The highest BCUT2D eigenvalue weighted by atomic mass is 19.1. The molecule has 0 saturated carbocycles. The molecule has 0 bridgehead atoms.